The van der Waals surface area contributed by atoms with Crippen LogP contribution >= 0.6 is 27.3 Å². The van der Waals surface area contributed by atoms with Gasteiger partial charge in [-0.2, -0.15) is 0 Å². The number of benzene rings is 1. The fourth-order valence-electron chi connectivity index (χ4n) is 1.49. The van der Waals surface area contributed by atoms with E-state index in [1.54, 1.807) is 18.2 Å². The number of carbonyl (C=O) groups excluding carboxylic acids is 1. The van der Waals surface area contributed by atoms with Gasteiger partial charge in [-0.3, -0.25) is 4.79 Å². The van der Waals surface area contributed by atoms with Crippen molar-refractivity contribution < 1.29 is 4.79 Å². The molecule has 0 atom stereocenters. The van der Waals surface area contributed by atoms with E-state index in [0.717, 1.165) is 15.2 Å². The number of thiazole rings is 1. The van der Waals surface area contributed by atoms with Crippen LogP contribution in [-0.2, 0) is 6.54 Å². The number of anilines is 1. The van der Waals surface area contributed by atoms with E-state index in [1.165, 1.54) is 11.3 Å². The number of aryl methyl sites for hydroxylation is 1. The van der Waals surface area contributed by atoms with Gasteiger partial charge in [0.15, 0.2) is 0 Å². The molecule has 1 heterocycles. The molecule has 3 N–H and O–H groups in total. The molecule has 0 saturated heterocycles. The monoisotopic (exact) mass is 325 g/mol. The van der Waals surface area contributed by atoms with E-state index >= 15 is 0 Å². The zero-order valence-electron chi connectivity index (χ0n) is 9.74. The first-order valence-corrected chi connectivity index (χ1v) is 6.97. The third kappa shape index (κ3) is 3.30. The number of nitrogen functional groups attached to an aromatic ring is 1. The highest BCUT2D eigenvalue weighted by molar-refractivity contribution is 9.10. The fourth-order valence-corrected chi connectivity index (χ4v) is 2.71. The van der Waals surface area contributed by atoms with Gasteiger partial charge in [-0.15, -0.1) is 11.3 Å². The highest BCUT2D eigenvalue weighted by Gasteiger charge is 2.08. The second-order valence-electron chi connectivity index (χ2n) is 3.84. The molecule has 18 heavy (non-hydrogen) atoms. The molecule has 1 aromatic carbocycles. The largest absolute Gasteiger partial charge is 0.399 e. The van der Waals surface area contributed by atoms with Crippen LogP contribution in [0.3, 0.4) is 0 Å². The van der Waals surface area contributed by atoms with Crippen molar-refractivity contribution in [3.05, 3.63) is 44.3 Å². The molecule has 2 aromatic rings. The summed E-state index contributed by atoms with van der Waals surface area (Å²) in [6.45, 7) is 2.36. The molecule has 0 spiro atoms. The Bertz CT molecular complexity index is 562. The summed E-state index contributed by atoms with van der Waals surface area (Å²) in [4.78, 5) is 16.2. The van der Waals surface area contributed by atoms with Gasteiger partial charge in [0.05, 0.1) is 6.54 Å². The Hall–Kier alpha value is -1.40. The van der Waals surface area contributed by atoms with Crippen molar-refractivity contribution in [3.8, 4) is 0 Å². The number of nitrogens with zero attached hydrogens (tertiary/aromatic N) is 1. The fraction of sp³-hybridized carbons (Fsp3) is 0.167. The van der Waals surface area contributed by atoms with Gasteiger partial charge in [-0.1, -0.05) is 15.9 Å². The Kier molecular flexibility index (Phi) is 3.98. The molecular weight excluding hydrogens is 314 g/mol. The van der Waals surface area contributed by atoms with Crippen molar-refractivity contribution in [2.75, 3.05) is 5.73 Å². The number of carbonyl (C=O) groups is 1. The van der Waals surface area contributed by atoms with Crippen LogP contribution in [0.4, 0.5) is 5.69 Å². The van der Waals surface area contributed by atoms with Crippen LogP contribution in [0.2, 0.25) is 0 Å². The van der Waals surface area contributed by atoms with Crippen LogP contribution in [0.5, 0.6) is 0 Å². The third-order valence-corrected chi connectivity index (χ3v) is 3.67. The number of hydrogen-bond donors (Lipinski definition) is 2. The predicted molar refractivity (Wildman–Crippen MR) is 76.6 cm³/mol. The molecule has 0 saturated carbocycles. The SMILES string of the molecule is Cc1csc(CNC(=O)c2cc(N)cc(Br)c2)n1. The molecule has 0 radical (unpaired) electrons. The second kappa shape index (κ2) is 5.49. The van der Waals surface area contributed by atoms with E-state index in [4.69, 9.17) is 5.73 Å². The summed E-state index contributed by atoms with van der Waals surface area (Å²) in [5.41, 5.74) is 7.75. The molecule has 0 unspecified atom stereocenters. The van der Waals surface area contributed by atoms with Crippen LogP contribution in [-0.4, -0.2) is 10.9 Å². The van der Waals surface area contributed by atoms with Crippen LogP contribution in [0.15, 0.2) is 28.1 Å². The van der Waals surface area contributed by atoms with Crippen molar-refractivity contribution in [3.63, 3.8) is 0 Å². The summed E-state index contributed by atoms with van der Waals surface area (Å²) >= 11 is 4.84. The first-order valence-electron chi connectivity index (χ1n) is 5.30. The lowest BCUT2D eigenvalue weighted by Gasteiger charge is -2.05. The molecule has 4 nitrogen and oxygen atoms in total. The van der Waals surface area contributed by atoms with Crippen molar-refractivity contribution in [1.82, 2.24) is 10.3 Å². The van der Waals surface area contributed by atoms with Gasteiger partial charge in [-0.25, -0.2) is 4.98 Å². The molecule has 94 valence electrons. The van der Waals surface area contributed by atoms with Crippen LogP contribution < -0.4 is 11.1 Å². The molecule has 0 fully saturated rings. The van der Waals surface area contributed by atoms with Gasteiger partial charge < -0.3 is 11.1 Å². The summed E-state index contributed by atoms with van der Waals surface area (Å²) < 4.78 is 0.790. The predicted octanol–water partition coefficient (Wildman–Crippen LogP) is 2.73. The first kappa shape index (κ1) is 13.0. The van der Waals surface area contributed by atoms with E-state index in [9.17, 15) is 4.79 Å². The van der Waals surface area contributed by atoms with Crippen LogP contribution in [0, 0.1) is 6.92 Å². The van der Waals surface area contributed by atoms with Crippen LogP contribution in [0.1, 0.15) is 21.1 Å². The molecule has 1 amide bonds. The Morgan fingerprint density at radius 2 is 2.28 bits per heavy atom. The summed E-state index contributed by atoms with van der Waals surface area (Å²) in [5, 5.41) is 5.66. The molecule has 6 heteroatoms. The van der Waals surface area contributed by atoms with Gasteiger partial charge in [-0.05, 0) is 25.1 Å². The van der Waals surface area contributed by atoms with Gasteiger partial charge in [0.2, 0.25) is 0 Å². The maximum absolute atomic E-state index is 11.9. The summed E-state index contributed by atoms with van der Waals surface area (Å²) in [6, 6.07) is 5.13. The summed E-state index contributed by atoms with van der Waals surface area (Å²) in [6.07, 6.45) is 0. The Labute approximate surface area is 117 Å². The Morgan fingerprint density at radius 1 is 1.50 bits per heavy atom. The van der Waals surface area contributed by atoms with Crippen molar-refractivity contribution in [2.24, 2.45) is 0 Å². The zero-order valence-corrected chi connectivity index (χ0v) is 12.1. The van der Waals surface area contributed by atoms with Gasteiger partial charge in [0.1, 0.15) is 5.01 Å². The number of rotatable bonds is 3. The van der Waals surface area contributed by atoms with E-state index in [2.05, 4.69) is 26.2 Å². The number of nitrogens with one attached hydrogen (secondary N) is 1. The number of aromatic nitrogens is 1. The second-order valence-corrected chi connectivity index (χ2v) is 5.70. The molecule has 0 bridgehead atoms. The average Bonchev–Trinajstić information content (AvgIpc) is 2.70. The molecule has 2 rings (SSSR count). The number of hydrogen-bond acceptors (Lipinski definition) is 4. The smallest absolute Gasteiger partial charge is 0.251 e. The number of amides is 1. The molecule has 0 aliphatic carbocycles. The maximum Gasteiger partial charge on any atom is 0.251 e. The van der Waals surface area contributed by atoms with Crippen molar-refractivity contribution in [1.29, 1.82) is 0 Å². The van der Waals surface area contributed by atoms with E-state index < -0.39 is 0 Å². The maximum atomic E-state index is 11.9. The van der Waals surface area contributed by atoms with Crippen molar-refractivity contribution >= 4 is 38.9 Å². The summed E-state index contributed by atoms with van der Waals surface area (Å²) in [5.74, 6) is -0.157. The lowest BCUT2D eigenvalue weighted by molar-refractivity contribution is 0.0951. The Morgan fingerprint density at radius 3 is 2.89 bits per heavy atom. The molecule has 1 aromatic heterocycles. The quantitative estimate of drug-likeness (QED) is 0.852. The molecule has 0 aliphatic rings. The normalized spacial score (nSPS) is 10.3. The highest BCUT2D eigenvalue weighted by Crippen LogP contribution is 2.17. The van der Waals surface area contributed by atoms with Gasteiger partial charge in [0.25, 0.3) is 5.91 Å². The standard InChI is InChI=1S/C12H12BrN3OS/c1-7-6-18-11(16-7)5-15-12(17)8-2-9(13)4-10(14)3-8/h2-4,6H,5,14H2,1H3,(H,15,17). The van der Waals surface area contributed by atoms with Gasteiger partial charge in [0, 0.05) is 26.8 Å². The third-order valence-electron chi connectivity index (χ3n) is 2.25. The van der Waals surface area contributed by atoms with E-state index in [0.29, 0.717) is 17.8 Å². The minimum atomic E-state index is -0.157. The minimum absolute atomic E-state index is 0.157. The van der Waals surface area contributed by atoms with E-state index in [-0.39, 0.29) is 5.91 Å². The average molecular weight is 326 g/mol. The van der Waals surface area contributed by atoms with Crippen LogP contribution in [0.25, 0.3) is 0 Å². The lowest BCUT2D eigenvalue weighted by Crippen LogP contribution is -2.22. The topological polar surface area (TPSA) is 68.0 Å². The summed E-state index contributed by atoms with van der Waals surface area (Å²) in [7, 11) is 0. The number of nitrogens with two attached hydrogens (primary N) is 1. The van der Waals surface area contributed by atoms with E-state index in [1.807, 2.05) is 12.3 Å². The highest BCUT2D eigenvalue weighted by atomic mass is 79.9. The van der Waals surface area contributed by atoms with Gasteiger partial charge >= 0.3 is 0 Å². The lowest BCUT2D eigenvalue weighted by atomic mass is 10.2. The van der Waals surface area contributed by atoms with Crippen molar-refractivity contribution in [2.45, 2.75) is 13.5 Å². The Balaban J connectivity index is 2.03. The first-order chi connectivity index (χ1) is 8.54. The molecular formula is C12H12BrN3OS. The number of halogens is 1. The molecule has 0 aliphatic heterocycles. The zero-order chi connectivity index (χ0) is 13.1. The minimum Gasteiger partial charge on any atom is -0.399 e.